The fourth-order valence-corrected chi connectivity index (χ4v) is 4.55. The lowest BCUT2D eigenvalue weighted by molar-refractivity contribution is -0.128. The van der Waals surface area contributed by atoms with Crippen LogP contribution in [0.2, 0.25) is 0 Å². The number of rotatable bonds is 0. The smallest absolute Gasteiger partial charge is 0.410 e. The van der Waals surface area contributed by atoms with Crippen LogP contribution in [0.4, 0.5) is 4.79 Å². The number of carbonyl (C=O) groups is 2. The molecule has 2 aliphatic heterocycles. The number of ether oxygens (including phenoxy) is 1. The van der Waals surface area contributed by atoms with Crippen molar-refractivity contribution in [3.63, 3.8) is 0 Å². The van der Waals surface area contributed by atoms with Gasteiger partial charge in [-0.15, -0.1) is 0 Å². The topological polar surface area (TPSA) is 46.6 Å². The first-order valence-electron chi connectivity index (χ1n) is 8.41. The lowest BCUT2D eigenvalue weighted by Crippen LogP contribution is -2.48. The molecule has 0 radical (unpaired) electrons. The molecule has 1 aliphatic carbocycles. The van der Waals surface area contributed by atoms with Gasteiger partial charge in [0.05, 0.1) is 0 Å². The fourth-order valence-electron chi connectivity index (χ4n) is 4.55. The summed E-state index contributed by atoms with van der Waals surface area (Å²) in [5, 5.41) is 0. The van der Waals surface area contributed by atoms with E-state index in [0.29, 0.717) is 18.1 Å². The van der Waals surface area contributed by atoms with Crippen LogP contribution >= 0.6 is 0 Å². The first-order chi connectivity index (χ1) is 9.87. The van der Waals surface area contributed by atoms with Gasteiger partial charge in [-0.05, 0) is 65.2 Å². The SMILES string of the molecule is CC(C)(C)OC(=O)N1[C@@H]2CC[C@H]3CCCC(=O)[C@@H]3[C@H]1CC2. The molecule has 0 aromatic carbocycles. The van der Waals surface area contributed by atoms with Gasteiger partial charge in [-0.3, -0.25) is 4.79 Å². The van der Waals surface area contributed by atoms with Crippen molar-refractivity contribution < 1.29 is 14.3 Å². The van der Waals surface area contributed by atoms with Crippen molar-refractivity contribution in [2.45, 2.75) is 83.4 Å². The number of hydrogen-bond acceptors (Lipinski definition) is 3. The molecule has 118 valence electrons. The standard InChI is InChI=1S/C17H27NO3/c1-17(2,3)21-16(20)18-12-8-7-11-5-4-6-14(19)15(11)13(18)10-9-12/h11-13,15H,4-10H2,1-3H3/t11-,12-,13-,15+/m1/s1. The molecule has 0 unspecified atom stereocenters. The summed E-state index contributed by atoms with van der Waals surface area (Å²) in [4.78, 5) is 27.0. The molecule has 0 aromatic rings. The van der Waals surface area contributed by atoms with Crippen molar-refractivity contribution in [2.24, 2.45) is 11.8 Å². The van der Waals surface area contributed by atoms with E-state index in [1.54, 1.807) is 0 Å². The Morgan fingerprint density at radius 3 is 2.57 bits per heavy atom. The lowest BCUT2D eigenvalue weighted by atomic mass is 9.71. The predicted molar refractivity (Wildman–Crippen MR) is 80.0 cm³/mol. The first kappa shape index (κ1) is 14.9. The largest absolute Gasteiger partial charge is 0.444 e. The fraction of sp³-hybridized carbons (Fsp3) is 0.882. The lowest BCUT2D eigenvalue weighted by Gasteiger charge is -2.37. The van der Waals surface area contributed by atoms with Gasteiger partial charge in [-0.25, -0.2) is 4.79 Å². The van der Waals surface area contributed by atoms with Crippen molar-refractivity contribution in [1.29, 1.82) is 0 Å². The minimum Gasteiger partial charge on any atom is -0.444 e. The highest BCUT2D eigenvalue weighted by atomic mass is 16.6. The number of fused-ring (bicyclic) bond motifs is 4. The normalized spacial score (nSPS) is 36.1. The Bertz CT molecular complexity index is 440. The molecular weight excluding hydrogens is 266 g/mol. The van der Waals surface area contributed by atoms with Gasteiger partial charge in [0.1, 0.15) is 11.4 Å². The Hall–Kier alpha value is -1.06. The molecule has 1 saturated carbocycles. The minimum atomic E-state index is -0.473. The van der Waals surface area contributed by atoms with Crippen LogP contribution in [0.25, 0.3) is 0 Å². The molecule has 0 aromatic heterocycles. The average molecular weight is 293 g/mol. The van der Waals surface area contributed by atoms with Crippen LogP contribution in [0.1, 0.15) is 65.7 Å². The number of amides is 1. The van der Waals surface area contributed by atoms with E-state index in [1.165, 1.54) is 0 Å². The zero-order valence-electron chi connectivity index (χ0n) is 13.4. The maximum atomic E-state index is 12.6. The molecule has 2 heterocycles. The average Bonchev–Trinajstić information content (AvgIpc) is 2.68. The molecule has 2 bridgehead atoms. The van der Waals surface area contributed by atoms with Gasteiger partial charge in [0, 0.05) is 24.4 Å². The highest BCUT2D eigenvalue weighted by Crippen LogP contribution is 2.45. The predicted octanol–water partition coefficient (Wildman–Crippen LogP) is 3.53. The maximum absolute atomic E-state index is 12.6. The van der Waals surface area contributed by atoms with Crippen LogP contribution in [0.3, 0.4) is 0 Å². The Kier molecular flexibility index (Phi) is 3.74. The molecule has 3 rings (SSSR count). The summed E-state index contributed by atoms with van der Waals surface area (Å²) in [6, 6.07) is 0.369. The summed E-state index contributed by atoms with van der Waals surface area (Å²) in [5.74, 6) is 0.942. The van der Waals surface area contributed by atoms with Gasteiger partial charge in [-0.1, -0.05) is 0 Å². The summed E-state index contributed by atoms with van der Waals surface area (Å²) in [7, 11) is 0. The van der Waals surface area contributed by atoms with E-state index in [0.717, 1.165) is 38.5 Å². The highest BCUT2D eigenvalue weighted by Gasteiger charge is 2.50. The van der Waals surface area contributed by atoms with E-state index in [9.17, 15) is 9.59 Å². The van der Waals surface area contributed by atoms with E-state index >= 15 is 0 Å². The maximum Gasteiger partial charge on any atom is 0.410 e. The van der Waals surface area contributed by atoms with Gasteiger partial charge in [0.25, 0.3) is 0 Å². The van der Waals surface area contributed by atoms with Crippen molar-refractivity contribution in [1.82, 2.24) is 4.90 Å². The van der Waals surface area contributed by atoms with Gasteiger partial charge in [0.2, 0.25) is 0 Å². The van der Waals surface area contributed by atoms with Crippen molar-refractivity contribution in [3.05, 3.63) is 0 Å². The summed E-state index contributed by atoms with van der Waals surface area (Å²) in [6.45, 7) is 5.71. The molecule has 3 aliphatic rings. The van der Waals surface area contributed by atoms with E-state index in [1.807, 2.05) is 25.7 Å². The number of hydrogen-bond donors (Lipinski definition) is 0. The summed E-state index contributed by atoms with van der Waals surface area (Å²) in [5.41, 5.74) is -0.473. The zero-order chi connectivity index (χ0) is 15.2. The molecular formula is C17H27NO3. The third-order valence-corrected chi connectivity index (χ3v) is 5.31. The molecule has 4 atom stereocenters. The van der Waals surface area contributed by atoms with Crippen LogP contribution in [0, 0.1) is 11.8 Å². The highest BCUT2D eigenvalue weighted by molar-refractivity contribution is 5.84. The number of carbonyl (C=O) groups excluding carboxylic acids is 2. The van der Waals surface area contributed by atoms with Gasteiger partial charge < -0.3 is 9.64 Å². The molecule has 4 heteroatoms. The van der Waals surface area contributed by atoms with Gasteiger partial charge >= 0.3 is 6.09 Å². The van der Waals surface area contributed by atoms with Crippen LogP contribution in [-0.4, -0.2) is 34.5 Å². The molecule has 0 N–H and O–H groups in total. The van der Waals surface area contributed by atoms with E-state index in [-0.39, 0.29) is 24.1 Å². The minimum absolute atomic E-state index is 0.0683. The van der Waals surface area contributed by atoms with Gasteiger partial charge in [0.15, 0.2) is 0 Å². The van der Waals surface area contributed by atoms with Crippen molar-refractivity contribution in [3.8, 4) is 0 Å². The van der Waals surface area contributed by atoms with Crippen LogP contribution in [-0.2, 0) is 9.53 Å². The second-order valence-corrected chi connectivity index (χ2v) is 7.91. The Labute approximate surface area is 127 Å². The van der Waals surface area contributed by atoms with Crippen LogP contribution in [0.15, 0.2) is 0 Å². The van der Waals surface area contributed by atoms with Crippen molar-refractivity contribution >= 4 is 11.9 Å². The molecule has 2 saturated heterocycles. The van der Waals surface area contributed by atoms with E-state index in [4.69, 9.17) is 4.74 Å². The number of Topliss-reactive ketones (excluding diaryl/α,β-unsaturated/α-hetero) is 1. The summed E-state index contributed by atoms with van der Waals surface area (Å²) in [6.07, 6.45) is 6.79. The van der Waals surface area contributed by atoms with Crippen LogP contribution in [0.5, 0.6) is 0 Å². The molecule has 21 heavy (non-hydrogen) atoms. The zero-order valence-corrected chi connectivity index (χ0v) is 13.4. The van der Waals surface area contributed by atoms with Crippen molar-refractivity contribution in [2.75, 3.05) is 0 Å². The Morgan fingerprint density at radius 1 is 1.14 bits per heavy atom. The Morgan fingerprint density at radius 2 is 1.86 bits per heavy atom. The molecule has 4 nitrogen and oxygen atoms in total. The second kappa shape index (κ2) is 5.29. The number of ketones is 1. The molecule has 3 fully saturated rings. The quantitative estimate of drug-likeness (QED) is 0.686. The van der Waals surface area contributed by atoms with Crippen LogP contribution < -0.4 is 0 Å². The van der Waals surface area contributed by atoms with E-state index < -0.39 is 5.60 Å². The third-order valence-electron chi connectivity index (χ3n) is 5.31. The third kappa shape index (κ3) is 2.82. The number of nitrogens with zero attached hydrogens (tertiary/aromatic N) is 1. The second-order valence-electron chi connectivity index (χ2n) is 7.91. The molecule has 0 spiro atoms. The van der Waals surface area contributed by atoms with Gasteiger partial charge in [-0.2, -0.15) is 0 Å². The molecule has 1 amide bonds. The summed E-state index contributed by atoms with van der Waals surface area (Å²) < 4.78 is 5.60. The Balaban J connectivity index is 1.84. The first-order valence-corrected chi connectivity index (χ1v) is 8.41. The summed E-state index contributed by atoms with van der Waals surface area (Å²) >= 11 is 0. The van der Waals surface area contributed by atoms with E-state index in [2.05, 4.69) is 0 Å². The monoisotopic (exact) mass is 293 g/mol.